The number of fused-ring (bicyclic) bond motifs is 2. The van der Waals surface area contributed by atoms with Gasteiger partial charge in [-0.05, 0) is 66.6 Å². The second kappa shape index (κ2) is 10.1. The van der Waals surface area contributed by atoms with Crippen LogP contribution in [-0.4, -0.2) is 31.8 Å². The van der Waals surface area contributed by atoms with Crippen molar-refractivity contribution in [2.24, 2.45) is 11.8 Å². The third kappa shape index (κ3) is 5.27. The van der Waals surface area contributed by atoms with E-state index in [-0.39, 0.29) is 22.6 Å². The molecule has 0 aliphatic heterocycles. The molecule has 5 rings (SSSR count). The molecule has 4 N–H and O–H groups in total. The van der Waals surface area contributed by atoms with Crippen LogP contribution in [0.1, 0.15) is 36.2 Å². The molecule has 1 fully saturated rings. The standard InChI is InChI=1S/C27H28N4O4S/c32-26(30-31-27(33)25-16-22-7-3-4-8-24(22)29-25)20-11-9-18(10-12-20)17-28-36(34,35)23-14-13-19-5-1-2-6-21(19)15-23/h1-8,13-16,18,20,28-29H,9-12,17H2,(H,30,32)(H,31,33). The van der Waals surface area contributed by atoms with E-state index in [1.165, 1.54) is 0 Å². The van der Waals surface area contributed by atoms with Crippen LogP contribution in [0.25, 0.3) is 21.7 Å². The number of hydrogen-bond donors (Lipinski definition) is 4. The number of amides is 2. The monoisotopic (exact) mass is 504 g/mol. The van der Waals surface area contributed by atoms with Gasteiger partial charge < -0.3 is 4.98 Å². The number of rotatable bonds is 6. The van der Waals surface area contributed by atoms with E-state index in [1.807, 2.05) is 54.6 Å². The topological polar surface area (TPSA) is 120 Å². The molecule has 2 amide bonds. The highest BCUT2D eigenvalue weighted by Crippen LogP contribution is 2.29. The van der Waals surface area contributed by atoms with Gasteiger partial charge in [-0.25, -0.2) is 13.1 Å². The van der Waals surface area contributed by atoms with Crippen molar-refractivity contribution in [3.8, 4) is 0 Å². The molecular weight excluding hydrogens is 476 g/mol. The van der Waals surface area contributed by atoms with Gasteiger partial charge in [0, 0.05) is 23.4 Å². The Morgan fingerprint density at radius 2 is 1.50 bits per heavy atom. The number of carbonyl (C=O) groups excluding carboxylic acids is 2. The van der Waals surface area contributed by atoms with Crippen LogP contribution in [0.5, 0.6) is 0 Å². The number of benzene rings is 3. The summed E-state index contributed by atoms with van der Waals surface area (Å²) < 4.78 is 28.3. The molecule has 1 aromatic heterocycles. The number of hydrogen-bond acceptors (Lipinski definition) is 4. The number of nitrogens with one attached hydrogen (secondary N) is 4. The van der Waals surface area contributed by atoms with Gasteiger partial charge >= 0.3 is 0 Å². The van der Waals surface area contributed by atoms with Gasteiger partial charge in [0.1, 0.15) is 5.69 Å². The largest absolute Gasteiger partial charge is 0.350 e. The fraction of sp³-hybridized carbons (Fsp3) is 0.259. The molecule has 0 saturated heterocycles. The number of carbonyl (C=O) groups is 2. The molecule has 1 saturated carbocycles. The van der Waals surface area contributed by atoms with Gasteiger partial charge in [-0.2, -0.15) is 0 Å². The average Bonchev–Trinajstić information content (AvgIpc) is 3.35. The van der Waals surface area contributed by atoms with Gasteiger partial charge in [-0.3, -0.25) is 20.4 Å². The lowest BCUT2D eigenvalue weighted by atomic mass is 9.82. The minimum atomic E-state index is -3.62. The van der Waals surface area contributed by atoms with Gasteiger partial charge in [-0.15, -0.1) is 0 Å². The van der Waals surface area contributed by atoms with Gasteiger partial charge in [0.25, 0.3) is 5.91 Å². The first-order valence-corrected chi connectivity index (χ1v) is 13.5. The van der Waals surface area contributed by atoms with E-state index in [1.54, 1.807) is 18.2 Å². The number of aromatic amines is 1. The molecule has 1 aliphatic carbocycles. The Morgan fingerprint density at radius 1 is 0.806 bits per heavy atom. The van der Waals surface area contributed by atoms with E-state index in [4.69, 9.17) is 0 Å². The first-order valence-electron chi connectivity index (χ1n) is 12.1. The summed E-state index contributed by atoms with van der Waals surface area (Å²) in [6.45, 7) is 0.334. The van der Waals surface area contributed by atoms with Crippen LogP contribution in [0.3, 0.4) is 0 Å². The Morgan fingerprint density at radius 3 is 2.25 bits per heavy atom. The number of para-hydroxylation sites is 1. The highest BCUT2D eigenvalue weighted by atomic mass is 32.2. The maximum atomic E-state index is 12.8. The van der Waals surface area contributed by atoms with Crippen LogP contribution in [0, 0.1) is 11.8 Å². The predicted molar refractivity (Wildman–Crippen MR) is 138 cm³/mol. The Hall–Kier alpha value is -3.69. The van der Waals surface area contributed by atoms with Crippen molar-refractivity contribution < 1.29 is 18.0 Å². The van der Waals surface area contributed by atoms with Crippen molar-refractivity contribution in [2.45, 2.75) is 30.6 Å². The van der Waals surface area contributed by atoms with Crippen LogP contribution < -0.4 is 15.6 Å². The zero-order valence-electron chi connectivity index (χ0n) is 19.7. The Bertz CT molecular complexity index is 1490. The fourth-order valence-corrected chi connectivity index (χ4v) is 5.91. The second-order valence-electron chi connectivity index (χ2n) is 9.29. The summed E-state index contributed by atoms with van der Waals surface area (Å²) in [4.78, 5) is 28.3. The number of sulfonamides is 1. The van der Waals surface area contributed by atoms with Crippen molar-refractivity contribution in [1.29, 1.82) is 0 Å². The first kappa shape index (κ1) is 24.0. The molecular formula is C27H28N4O4S. The van der Waals surface area contributed by atoms with E-state index >= 15 is 0 Å². The molecule has 0 spiro atoms. The van der Waals surface area contributed by atoms with Crippen molar-refractivity contribution >= 4 is 43.5 Å². The van der Waals surface area contributed by atoms with Crippen LogP contribution in [0.15, 0.2) is 77.7 Å². The molecule has 3 aromatic carbocycles. The van der Waals surface area contributed by atoms with Crippen LogP contribution >= 0.6 is 0 Å². The lowest BCUT2D eigenvalue weighted by molar-refractivity contribution is -0.127. The molecule has 36 heavy (non-hydrogen) atoms. The van der Waals surface area contributed by atoms with E-state index in [9.17, 15) is 18.0 Å². The zero-order valence-corrected chi connectivity index (χ0v) is 20.5. The molecule has 0 bridgehead atoms. The van der Waals surface area contributed by atoms with Crippen LogP contribution in [0.2, 0.25) is 0 Å². The number of aromatic nitrogens is 1. The molecule has 0 radical (unpaired) electrons. The summed E-state index contributed by atoms with van der Waals surface area (Å²) >= 11 is 0. The Labute approximate surface area is 209 Å². The van der Waals surface area contributed by atoms with Crippen molar-refractivity contribution in [3.05, 3.63) is 78.5 Å². The fourth-order valence-electron chi connectivity index (χ4n) is 4.76. The number of hydrazine groups is 1. The van der Waals surface area contributed by atoms with E-state index in [0.29, 0.717) is 25.1 Å². The first-order chi connectivity index (χ1) is 17.4. The lowest BCUT2D eigenvalue weighted by Gasteiger charge is -2.27. The third-order valence-electron chi connectivity index (χ3n) is 6.88. The Balaban J connectivity index is 1.09. The molecule has 186 valence electrons. The van der Waals surface area contributed by atoms with Crippen molar-refractivity contribution in [3.63, 3.8) is 0 Å². The normalized spacial score (nSPS) is 18.2. The second-order valence-corrected chi connectivity index (χ2v) is 11.1. The molecule has 1 heterocycles. The smallest absolute Gasteiger partial charge is 0.286 e. The Kier molecular flexibility index (Phi) is 6.75. The molecule has 4 aromatic rings. The molecule has 0 atom stereocenters. The summed E-state index contributed by atoms with van der Waals surface area (Å²) in [5.41, 5.74) is 6.24. The highest BCUT2D eigenvalue weighted by Gasteiger charge is 2.28. The van der Waals surface area contributed by atoms with E-state index < -0.39 is 15.9 Å². The minimum absolute atomic E-state index is 0.158. The summed E-state index contributed by atoms with van der Waals surface area (Å²) in [5, 5.41) is 2.79. The zero-order chi connectivity index (χ0) is 25.1. The van der Waals surface area contributed by atoms with E-state index in [2.05, 4.69) is 20.6 Å². The predicted octanol–water partition coefficient (Wildman–Crippen LogP) is 3.87. The summed E-state index contributed by atoms with van der Waals surface area (Å²) in [6, 6.07) is 22.1. The lowest BCUT2D eigenvalue weighted by Crippen LogP contribution is -2.45. The van der Waals surface area contributed by atoms with Crippen molar-refractivity contribution in [2.75, 3.05) is 6.54 Å². The van der Waals surface area contributed by atoms with Crippen LogP contribution in [0.4, 0.5) is 0 Å². The summed E-state index contributed by atoms with van der Waals surface area (Å²) in [5.74, 6) is -0.697. The SMILES string of the molecule is O=C(NNC(=O)C1CCC(CNS(=O)(=O)c2ccc3ccccc3c2)CC1)c1cc2ccccc2[nH]1. The van der Waals surface area contributed by atoms with Crippen molar-refractivity contribution in [1.82, 2.24) is 20.6 Å². The molecule has 0 unspecified atom stereocenters. The summed E-state index contributed by atoms with van der Waals surface area (Å²) in [7, 11) is -3.62. The third-order valence-corrected chi connectivity index (χ3v) is 8.31. The molecule has 1 aliphatic rings. The van der Waals surface area contributed by atoms with Crippen LogP contribution in [-0.2, 0) is 14.8 Å². The van der Waals surface area contributed by atoms with Gasteiger partial charge in [0.15, 0.2) is 0 Å². The van der Waals surface area contributed by atoms with Gasteiger partial charge in [-0.1, -0.05) is 48.5 Å². The quantitative estimate of drug-likeness (QED) is 0.298. The highest BCUT2D eigenvalue weighted by molar-refractivity contribution is 7.89. The number of H-pyrrole nitrogens is 1. The molecule has 9 heteroatoms. The maximum absolute atomic E-state index is 12.8. The van der Waals surface area contributed by atoms with Gasteiger partial charge in [0.05, 0.1) is 4.90 Å². The van der Waals surface area contributed by atoms with Gasteiger partial charge in [0.2, 0.25) is 15.9 Å². The summed E-state index contributed by atoms with van der Waals surface area (Å²) in [6.07, 6.45) is 2.73. The molecule has 8 nitrogen and oxygen atoms in total. The van der Waals surface area contributed by atoms with E-state index in [0.717, 1.165) is 34.5 Å². The average molecular weight is 505 g/mol. The minimum Gasteiger partial charge on any atom is -0.350 e. The maximum Gasteiger partial charge on any atom is 0.286 e.